The largest absolute Gasteiger partial charge is 0.337 e. The van der Waals surface area contributed by atoms with Gasteiger partial charge < -0.3 is 10.2 Å². The van der Waals surface area contributed by atoms with Crippen molar-refractivity contribution >= 4 is 5.95 Å². The van der Waals surface area contributed by atoms with Gasteiger partial charge in [-0.3, -0.25) is 5.10 Å². The molecule has 0 unspecified atom stereocenters. The Bertz CT molecular complexity index is 507. The van der Waals surface area contributed by atoms with Crippen LogP contribution in [0.25, 0.3) is 11.4 Å². The summed E-state index contributed by atoms with van der Waals surface area (Å²) < 4.78 is 0. The van der Waals surface area contributed by atoms with Crippen LogP contribution in [0, 0.1) is 0 Å². The third-order valence-corrected chi connectivity index (χ3v) is 3.17. The van der Waals surface area contributed by atoms with E-state index in [0.29, 0.717) is 6.04 Å². The van der Waals surface area contributed by atoms with Crippen LogP contribution in [0.3, 0.4) is 0 Å². The third-order valence-electron chi connectivity index (χ3n) is 3.17. The van der Waals surface area contributed by atoms with E-state index >= 15 is 0 Å². The van der Waals surface area contributed by atoms with E-state index in [1.165, 1.54) is 0 Å². The zero-order valence-electron chi connectivity index (χ0n) is 10.4. The second kappa shape index (κ2) is 4.78. The summed E-state index contributed by atoms with van der Waals surface area (Å²) in [5.74, 6) is 1.62. The molecule has 2 heterocycles. The lowest BCUT2D eigenvalue weighted by Gasteiger charge is -2.30. The number of anilines is 1. The maximum Gasteiger partial charge on any atom is 0.245 e. The predicted molar refractivity (Wildman–Crippen MR) is 71.5 cm³/mol. The molecule has 0 spiro atoms. The van der Waals surface area contributed by atoms with E-state index in [4.69, 9.17) is 0 Å². The van der Waals surface area contributed by atoms with Crippen LogP contribution in [0.15, 0.2) is 30.3 Å². The molecule has 1 atom stereocenters. The Morgan fingerprint density at radius 3 is 2.89 bits per heavy atom. The number of hydrogen-bond donors (Lipinski definition) is 2. The lowest BCUT2D eigenvalue weighted by Crippen LogP contribution is -2.49. The third kappa shape index (κ3) is 2.22. The molecule has 94 valence electrons. The number of nitrogens with one attached hydrogen (secondary N) is 2. The molecule has 5 nitrogen and oxygen atoms in total. The number of benzene rings is 1. The summed E-state index contributed by atoms with van der Waals surface area (Å²) in [5, 5.41) is 10.7. The van der Waals surface area contributed by atoms with Crippen molar-refractivity contribution in [1.82, 2.24) is 20.5 Å². The van der Waals surface area contributed by atoms with Gasteiger partial charge in [0.25, 0.3) is 0 Å². The van der Waals surface area contributed by atoms with Crippen molar-refractivity contribution in [2.24, 2.45) is 0 Å². The Labute approximate surface area is 106 Å². The molecule has 1 aliphatic heterocycles. The fourth-order valence-electron chi connectivity index (χ4n) is 2.23. The van der Waals surface area contributed by atoms with Gasteiger partial charge in [0, 0.05) is 31.2 Å². The van der Waals surface area contributed by atoms with Crippen LogP contribution in [0.4, 0.5) is 5.95 Å². The SMILES string of the molecule is C[C@H]1CN(c2n[nH]c(-c3ccccc3)n2)CCN1. The second-order valence-corrected chi connectivity index (χ2v) is 4.65. The highest BCUT2D eigenvalue weighted by Crippen LogP contribution is 2.17. The van der Waals surface area contributed by atoms with E-state index in [-0.39, 0.29) is 0 Å². The van der Waals surface area contributed by atoms with Gasteiger partial charge in [-0.15, -0.1) is 5.10 Å². The normalized spacial score (nSPS) is 20.1. The van der Waals surface area contributed by atoms with Crippen LogP contribution >= 0.6 is 0 Å². The molecule has 1 aliphatic rings. The Hall–Kier alpha value is -1.88. The van der Waals surface area contributed by atoms with Crippen LogP contribution in [-0.2, 0) is 0 Å². The van der Waals surface area contributed by atoms with Gasteiger partial charge in [0.2, 0.25) is 5.95 Å². The molecule has 2 N–H and O–H groups in total. The summed E-state index contributed by atoms with van der Waals surface area (Å²) >= 11 is 0. The van der Waals surface area contributed by atoms with E-state index in [0.717, 1.165) is 37.0 Å². The standard InChI is InChI=1S/C13H17N5/c1-10-9-18(8-7-14-10)13-15-12(16-17-13)11-5-3-2-4-6-11/h2-6,10,14H,7-9H2,1H3,(H,15,16,17)/t10-/m0/s1. The number of aromatic amines is 1. The van der Waals surface area contributed by atoms with Crippen LogP contribution in [-0.4, -0.2) is 40.9 Å². The van der Waals surface area contributed by atoms with Crippen molar-refractivity contribution in [3.63, 3.8) is 0 Å². The first kappa shape index (κ1) is 11.2. The molecule has 0 bridgehead atoms. The quantitative estimate of drug-likeness (QED) is 0.834. The molecule has 0 radical (unpaired) electrons. The molecular weight excluding hydrogens is 226 g/mol. The van der Waals surface area contributed by atoms with Gasteiger partial charge in [-0.25, -0.2) is 0 Å². The lowest BCUT2D eigenvalue weighted by atomic mass is 10.2. The summed E-state index contributed by atoms with van der Waals surface area (Å²) in [6.07, 6.45) is 0. The van der Waals surface area contributed by atoms with E-state index in [9.17, 15) is 0 Å². The number of aromatic nitrogens is 3. The number of nitrogens with zero attached hydrogens (tertiary/aromatic N) is 3. The van der Waals surface area contributed by atoms with Crippen molar-refractivity contribution in [2.75, 3.05) is 24.5 Å². The molecule has 2 aromatic rings. The number of hydrogen-bond acceptors (Lipinski definition) is 4. The fourth-order valence-corrected chi connectivity index (χ4v) is 2.23. The second-order valence-electron chi connectivity index (χ2n) is 4.65. The van der Waals surface area contributed by atoms with Gasteiger partial charge in [0.15, 0.2) is 5.82 Å². The summed E-state index contributed by atoms with van der Waals surface area (Å²) in [6.45, 7) is 5.07. The molecule has 0 aliphatic carbocycles. The van der Waals surface area contributed by atoms with E-state index in [1.807, 2.05) is 30.3 Å². The summed E-state index contributed by atoms with van der Waals surface area (Å²) in [7, 11) is 0. The first-order valence-electron chi connectivity index (χ1n) is 6.29. The molecule has 5 heteroatoms. The number of rotatable bonds is 2. The molecule has 0 saturated carbocycles. The van der Waals surface area contributed by atoms with Crippen molar-refractivity contribution in [3.8, 4) is 11.4 Å². The van der Waals surface area contributed by atoms with Crippen molar-refractivity contribution in [3.05, 3.63) is 30.3 Å². The van der Waals surface area contributed by atoms with E-state index < -0.39 is 0 Å². The molecule has 1 aromatic heterocycles. The van der Waals surface area contributed by atoms with Gasteiger partial charge in [-0.2, -0.15) is 4.98 Å². The molecule has 1 saturated heterocycles. The topological polar surface area (TPSA) is 56.8 Å². The first-order chi connectivity index (χ1) is 8.83. The molecule has 0 amide bonds. The molecule has 3 rings (SSSR count). The zero-order chi connectivity index (χ0) is 12.4. The van der Waals surface area contributed by atoms with Crippen LogP contribution in [0.5, 0.6) is 0 Å². The average molecular weight is 243 g/mol. The number of H-pyrrole nitrogens is 1. The minimum absolute atomic E-state index is 0.484. The Kier molecular flexibility index (Phi) is 2.98. The molecule has 18 heavy (non-hydrogen) atoms. The molecule has 1 aromatic carbocycles. The fraction of sp³-hybridized carbons (Fsp3) is 0.385. The number of piperazine rings is 1. The predicted octanol–water partition coefficient (Wildman–Crippen LogP) is 1.27. The van der Waals surface area contributed by atoms with Crippen molar-refractivity contribution < 1.29 is 0 Å². The van der Waals surface area contributed by atoms with Gasteiger partial charge in [-0.1, -0.05) is 30.3 Å². The Morgan fingerprint density at radius 1 is 1.28 bits per heavy atom. The Morgan fingerprint density at radius 2 is 2.11 bits per heavy atom. The van der Waals surface area contributed by atoms with Gasteiger partial charge >= 0.3 is 0 Å². The smallest absolute Gasteiger partial charge is 0.245 e. The molecular formula is C13H17N5. The van der Waals surface area contributed by atoms with E-state index in [1.54, 1.807) is 0 Å². The maximum atomic E-state index is 4.57. The van der Waals surface area contributed by atoms with Crippen LogP contribution in [0.1, 0.15) is 6.92 Å². The first-order valence-corrected chi connectivity index (χ1v) is 6.29. The summed E-state index contributed by atoms with van der Waals surface area (Å²) in [4.78, 5) is 6.78. The highest BCUT2D eigenvalue weighted by molar-refractivity contribution is 5.56. The van der Waals surface area contributed by atoms with Crippen molar-refractivity contribution in [2.45, 2.75) is 13.0 Å². The lowest BCUT2D eigenvalue weighted by molar-refractivity contribution is 0.480. The van der Waals surface area contributed by atoms with E-state index in [2.05, 4.69) is 32.3 Å². The monoisotopic (exact) mass is 243 g/mol. The van der Waals surface area contributed by atoms with Crippen molar-refractivity contribution in [1.29, 1.82) is 0 Å². The van der Waals surface area contributed by atoms with Crippen LogP contribution in [0.2, 0.25) is 0 Å². The van der Waals surface area contributed by atoms with Gasteiger partial charge in [0.05, 0.1) is 0 Å². The summed E-state index contributed by atoms with van der Waals surface area (Å²) in [6, 6.07) is 10.6. The summed E-state index contributed by atoms with van der Waals surface area (Å²) in [5.41, 5.74) is 1.07. The zero-order valence-corrected chi connectivity index (χ0v) is 10.4. The maximum absolute atomic E-state index is 4.57. The average Bonchev–Trinajstić information content (AvgIpc) is 2.89. The molecule has 1 fully saturated rings. The highest BCUT2D eigenvalue weighted by atomic mass is 15.4. The Balaban J connectivity index is 1.81. The van der Waals surface area contributed by atoms with Gasteiger partial charge in [0.1, 0.15) is 0 Å². The minimum atomic E-state index is 0.484. The minimum Gasteiger partial charge on any atom is -0.337 e. The van der Waals surface area contributed by atoms with Gasteiger partial charge in [-0.05, 0) is 6.92 Å². The highest BCUT2D eigenvalue weighted by Gasteiger charge is 2.19. The van der Waals surface area contributed by atoms with Crippen LogP contribution < -0.4 is 10.2 Å².